The van der Waals surface area contributed by atoms with E-state index in [1.54, 1.807) is 6.92 Å². The molecule has 0 aromatic carbocycles. The quantitative estimate of drug-likeness (QED) is 0.664. The van der Waals surface area contributed by atoms with Gasteiger partial charge in [0.1, 0.15) is 0 Å². The van der Waals surface area contributed by atoms with Gasteiger partial charge in [-0.25, -0.2) is 0 Å². The molecule has 2 rings (SSSR count). The van der Waals surface area contributed by atoms with Gasteiger partial charge in [0.15, 0.2) is 5.00 Å². The Kier molecular flexibility index (Phi) is 4.38. The normalized spacial score (nSPS) is 20.5. The second-order valence-corrected chi connectivity index (χ2v) is 5.85. The summed E-state index contributed by atoms with van der Waals surface area (Å²) in [6, 6.07) is 1.46. The van der Waals surface area contributed by atoms with E-state index < -0.39 is 11.0 Å². The molecule has 1 aromatic heterocycles. The number of thiophene rings is 1. The van der Waals surface area contributed by atoms with Crippen LogP contribution in [0.4, 0.5) is 10.7 Å². The van der Waals surface area contributed by atoms with Crippen LogP contribution in [0.15, 0.2) is 6.07 Å². The molecule has 0 aliphatic carbocycles. The van der Waals surface area contributed by atoms with Crippen LogP contribution in [-0.2, 0) is 4.74 Å². The Morgan fingerprint density at radius 3 is 3.00 bits per heavy atom. The third-order valence-corrected chi connectivity index (χ3v) is 4.58. The number of likely N-dealkylation sites (N-methyl/N-ethyl adjacent to an activating group) is 1. The Morgan fingerprint density at radius 2 is 2.47 bits per heavy atom. The fourth-order valence-electron chi connectivity index (χ4n) is 2.18. The number of nitrogens with zero attached hydrogens (tertiary/aromatic N) is 2. The van der Waals surface area contributed by atoms with Crippen molar-refractivity contribution in [1.82, 2.24) is 0 Å². The van der Waals surface area contributed by atoms with Gasteiger partial charge in [-0.05, 0) is 19.8 Å². The molecule has 7 heteroatoms. The molecule has 19 heavy (non-hydrogen) atoms. The first-order chi connectivity index (χ1) is 8.99. The summed E-state index contributed by atoms with van der Waals surface area (Å²) in [5.74, 6) is 0. The van der Waals surface area contributed by atoms with Crippen LogP contribution in [0.2, 0.25) is 0 Å². The molecule has 2 heterocycles. The van der Waals surface area contributed by atoms with Crippen LogP contribution in [0, 0.1) is 10.1 Å². The van der Waals surface area contributed by atoms with E-state index in [0.29, 0.717) is 16.4 Å². The number of anilines is 1. The number of rotatable bonds is 5. The molecule has 1 N–H and O–H groups in total. The van der Waals surface area contributed by atoms with E-state index in [2.05, 4.69) is 0 Å². The third-order valence-electron chi connectivity index (χ3n) is 3.17. The smallest absolute Gasteiger partial charge is 0.304 e. The standard InChI is InChI=1S/C12H18N2O4S/c1-8(15)11-6-10(14(16)17)12(19-11)13(2)7-9-4-3-5-18-9/h6,8-9,15H,3-5,7H2,1-2H3. The van der Waals surface area contributed by atoms with Gasteiger partial charge >= 0.3 is 5.69 Å². The van der Waals surface area contributed by atoms with Crippen LogP contribution in [-0.4, -0.2) is 36.3 Å². The van der Waals surface area contributed by atoms with Gasteiger partial charge in [0.2, 0.25) is 0 Å². The SMILES string of the molecule is CC(O)c1cc([N+](=O)[O-])c(N(C)CC2CCCO2)s1. The number of nitro groups is 1. The van der Waals surface area contributed by atoms with Gasteiger partial charge in [-0.3, -0.25) is 10.1 Å². The van der Waals surface area contributed by atoms with E-state index in [9.17, 15) is 15.2 Å². The Hall–Kier alpha value is -1.18. The predicted molar refractivity (Wildman–Crippen MR) is 73.9 cm³/mol. The molecule has 6 nitrogen and oxygen atoms in total. The van der Waals surface area contributed by atoms with Crippen molar-refractivity contribution in [1.29, 1.82) is 0 Å². The molecule has 0 radical (unpaired) electrons. The maximum atomic E-state index is 11.1. The molecule has 0 bridgehead atoms. The first kappa shape index (κ1) is 14.2. The highest BCUT2D eigenvalue weighted by Gasteiger charge is 2.26. The monoisotopic (exact) mass is 286 g/mol. The minimum Gasteiger partial charge on any atom is -0.388 e. The summed E-state index contributed by atoms with van der Waals surface area (Å²) in [5.41, 5.74) is 0.0568. The maximum absolute atomic E-state index is 11.1. The number of hydrogen-bond donors (Lipinski definition) is 1. The predicted octanol–water partition coefficient (Wildman–Crippen LogP) is 2.32. The Labute approximate surface area is 115 Å². The molecule has 1 saturated heterocycles. The van der Waals surface area contributed by atoms with Crippen LogP contribution in [0.1, 0.15) is 30.7 Å². The molecule has 106 valence electrons. The third kappa shape index (κ3) is 3.23. The van der Waals surface area contributed by atoms with Crippen LogP contribution in [0.25, 0.3) is 0 Å². The van der Waals surface area contributed by atoms with Crippen LogP contribution < -0.4 is 4.90 Å². The first-order valence-electron chi connectivity index (χ1n) is 6.28. The van der Waals surface area contributed by atoms with E-state index in [4.69, 9.17) is 4.74 Å². The summed E-state index contributed by atoms with van der Waals surface area (Å²) >= 11 is 1.27. The number of aliphatic hydroxyl groups is 1. The zero-order chi connectivity index (χ0) is 14.0. The zero-order valence-corrected chi connectivity index (χ0v) is 11.9. The van der Waals surface area contributed by atoms with Crippen molar-refractivity contribution in [2.45, 2.75) is 32.0 Å². The number of hydrogen-bond acceptors (Lipinski definition) is 6. The fraction of sp³-hybridized carbons (Fsp3) is 0.667. The van der Waals surface area contributed by atoms with Crippen molar-refractivity contribution in [3.8, 4) is 0 Å². The average molecular weight is 286 g/mol. The molecule has 2 unspecified atom stereocenters. The molecule has 0 spiro atoms. The summed E-state index contributed by atoms with van der Waals surface area (Å²) < 4.78 is 5.54. The molecule has 2 atom stereocenters. The van der Waals surface area contributed by atoms with Gasteiger partial charge < -0.3 is 14.7 Å². The van der Waals surface area contributed by atoms with Crippen molar-refractivity contribution >= 4 is 22.0 Å². The van der Waals surface area contributed by atoms with Gasteiger partial charge in [-0.15, -0.1) is 11.3 Å². The van der Waals surface area contributed by atoms with Gasteiger partial charge in [0, 0.05) is 31.1 Å². The van der Waals surface area contributed by atoms with Gasteiger partial charge in [0.05, 0.1) is 17.1 Å². The topological polar surface area (TPSA) is 75.8 Å². The molecule has 1 aliphatic rings. The summed E-state index contributed by atoms with van der Waals surface area (Å²) in [6.07, 6.45) is 1.49. The maximum Gasteiger partial charge on any atom is 0.304 e. The van der Waals surface area contributed by atoms with E-state index in [1.807, 2.05) is 11.9 Å². The van der Waals surface area contributed by atoms with E-state index in [0.717, 1.165) is 19.4 Å². The zero-order valence-electron chi connectivity index (χ0n) is 11.0. The Balaban J connectivity index is 2.18. The Bertz CT molecular complexity index is 455. The highest BCUT2D eigenvalue weighted by molar-refractivity contribution is 7.16. The largest absolute Gasteiger partial charge is 0.388 e. The van der Waals surface area contributed by atoms with Crippen molar-refractivity contribution in [3.63, 3.8) is 0 Å². The van der Waals surface area contributed by atoms with Crippen molar-refractivity contribution in [2.75, 3.05) is 25.1 Å². The minimum atomic E-state index is -0.686. The second kappa shape index (κ2) is 5.85. The fourth-order valence-corrected chi connectivity index (χ4v) is 3.21. The first-order valence-corrected chi connectivity index (χ1v) is 7.09. The van der Waals surface area contributed by atoms with Gasteiger partial charge in [0.25, 0.3) is 0 Å². The van der Waals surface area contributed by atoms with E-state index in [1.165, 1.54) is 17.4 Å². The lowest BCUT2D eigenvalue weighted by atomic mass is 10.2. The molecule has 0 saturated carbocycles. The molecule has 1 aromatic rings. The van der Waals surface area contributed by atoms with E-state index in [-0.39, 0.29) is 11.8 Å². The summed E-state index contributed by atoms with van der Waals surface area (Å²) in [6.45, 7) is 3.02. The summed E-state index contributed by atoms with van der Waals surface area (Å²) in [4.78, 5) is 13.1. The van der Waals surface area contributed by atoms with Crippen LogP contribution in [0.5, 0.6) is 0 Å². The second-order valence-electron chi connectivity index (χ2n) is 4.79. The molecule has 1 aliphatic heterocycles. The van der Waals surface area contributed by atoms with Crippen LogP contribution in [0.3, 0.4) is 0 Å². The van der Waals surface area contributed by atoms with Gasteiger partial charge in [-0.1, -0.05) is 0 Å². The highest BCUT2D eigenvalue weighted by atomic mass is 32.1. The highest BCUT2D eigenvalue weighted by Crippen LogP contribution is 2.39. The van der Waals surface area contributed by atoms with Crippen molar-refractivity contribution < 1.29 is 14.8 Å². The number of ether oxygens (including phenoxy) is 1. The summed E-state index contributed by atoms with van der Waals surface area (Å²) in [7, 11) is 1.83. The van der Waals surface area contributed by atoms with Crippen molar-refractivity contribution in [3.05, 3.63) is 21.1 Å². The lowest BCUT2D eigenvalue weighted by Crippen LogP contribution is -2.28. The van der Waals surface area contributed by atoms with Crippen LogP contribution >= 0.6 is 11.3 Å². The summed E-state index contributed by atoms with van der Waals surface area (Å²) in [5, 5.41) is 21.2. The lowest BCUT2D eigenvalue weighted by Gasteiger charge is -2.20. The van der Waals surface area contributed by atoms with E-state index >= 15 is 0 Å². The average Bonchev–Trinajstić information content (AvgIpc) is 2.96. The van der Waals surface area contributed by atoms with Crippen molar-refractivity contribution in [2.24, 2.45) is 0 Å². The van der Waals surface area contributed by atoms with Gasteiger partial charge in [-0.2, -0.15) is 0 Å². The molecular weight excluding hydrogens is 268 g/mol. The number of aliphatic hydroxyl groups excluding tert-OH is 1. The Morgan fingerprint density at radius 1 is 1.74 bits per heavy atom. The lowest BCUT2D eigenvalue weighted by molar-refractivity contribution is -0.383. The molecular formula is C12H18N2O4S. The molecule has 1 fully saturated rings. The molecule has 0 amide bonds. The minimum absolute atomic E-state index is 0.0568.